The molecule has 1 rings (SSSR count). The second-order valence-electron chi connectivity index (χ2n) is 8.67. The third kappa shape index (κ3) is 27.9. The van der Waals surface area contributed by atoms with Gasteiger partial charge in [-0.15, -0.1) is 0 Å². The van der Waals surface area contributed by atoms with Crippen molar-refractivity contribution in [2.45, 2.75) is 87.0 Å². The summed E-state index contributed by atoms with van der Waals surface area (Å²) in [5.41, 5.74) is 24.9. The van der Waals surface area contributed by atoms with Gasteiger partial charge in [-0.1, -0.05) is 65.3 Å². The van der Waals surface area contributed by atoms with Gasteiger partial charge in [0.1, 0.15) is 12.4 Å². The minimum Gasteiger partial charge on any atom is -0.493 e. The van der Waals surface area contributed by atoms with Gasteiger partial charge in [-0.2, -0.15) is 0 Å². The Morgan fingerprint density at radius 1 is 0.761 bits per heavy atom. The molecule has 0 aliphatic carbocycles. The quantitative estimate of drug-likeness (QED) is 0.105. The number of amides is 3. The predicted octanol–water partition coefficient (Wildman–Crippen LogP) is 6.69. The fourth-order valence-electron chi connectivity index (χ4n) is 2.60. The molecule has 0 radical (unpaired) electrons. The highest BCUT2D eigenvalue weighted by Gasteiger charge is 2.12. The summed E-state index contributed by atoms with van der Waals surface area (Å²) >= 11 is 0. The molecule has 0 saturated carbocycles. The summed E-state index contributed by atoms with van der Waals surface area (Å²) in [6.07, 6.45) is 0.470. The zero-order chi connectivity index (χ0) is 33.0. The Hall–Kier alpha value is -4.88. The highest BCUT2D eigenvalue weighted by molar-refractivity contribution is 5.94. The maximum absolute atomic E-state index is 11.3. The van der Waals surface area contributed by atoms with Gasteiger partial charge in [0.25, 0.3) is 5.91 Å². The normalized spacial score (nSPS) is 11.3. The number of hydrogen-bond donors (Lipinski definition) is 3. The van der Waals surface area contributed by atoms with Gasteiger partial charge in [0.2, 0.25) is 5.91 Å². The van der Waals surface area contributed by atoms with Crippen molar-refractivity contribution in [1.82, 2.24) is 16.0 Å². The maximum Gasteiger partial charge on any atom is 0.406 e. The summed E-state index contributed by atoms with van der Waals surface area (Å²) in [6, 6.07) is 6.00. The van der Waals surface area contributed by atoms with E-state index in [0.717, 1.165) is 6.42 Å². The topological polar surface area (TPSA) is 261 Å². The number of nitrogens with one attached hydrogen (secondary N) is 3. The van der Waals surface area contributed by atoms with Gasteiger partial charge in [-0.25, -0.2) is 4.79 Å². The average molecular weight is 655 g/mol. The number of hydrogen-bond acceptors (Lipinski definition) is 9. The van der Waals surface area contributed by atoms with Crippen LogP contribution in [0.25, 0.3) is 31.3 Å². The molecule has 0 aliphatic rings. The first-order valence-corrected chi connectivity index (χ1v) is 13.3. The smallest absolute Gasteiger partial charge is 0.406 e. The van der Waals surface area contributed by atoms with Gasteiger partial charge >= 0.3 is 6.09 Å². The number of ether oxygens (including phenoxy) is 3. The lowest BCUT2D eigenvalue weighted by atomic mass is 10.2. The molecule has 262 valence electrons. The molecule has 4 atom stereocenters. The van der Waals surface area contributed by atoms with Crippen LogP contribution in [0, 0.1) is 0 Å². The average Bonchev–Trinajstić information content (AvgIpc) is 3.01. The van der Waals surface area contributed by atoms with Gasteiger partial charge in [0, 0.05) is 41.4 Å². The third-order valence-corrected chi connectivity index (χ3v) is 4.96. The lowest BCUT2D eigenvalue weighted by molar-refractivity contribution is -0.123. The van der Waals surface area contributed by atoms with Gasteiger partial charge in [0.05, 0.1) is 43.9 Å². The first kappa shape index (κ1) is 50.7. The van der Waals surface area contributed by atoms with E-state index in [-0.39, 0.29) is 64.9 Å². The number of benzene rings is 1. The Bertz CT molecular complexity index is 1100. The first-order valence-electron chi connectivity index (χ1n) is 13.3. The molecule has 46 heavy (non-hydrogen) atoms. The minimum absolute atomic E-state index is 0. The Labute approximate surface area is 272 Å². The van der Waals surface area contributed by atoms with Gasteiger partial charge in [-0.05, 0) is 47.3 Å². The van der Waals surface area contributed by atoms with Crippen LogP contribution in [0.2, 0.25) is 0 Å². The molecule has 3 amide bonds. The van der Waals surface area contributed by atoms with E-state index in [1.165, 1.54) is 7.05 Å². The summed E-state index contributed by atoms with van der Waals surface area (Å²) in [5, 5.41) is 17.6. The number of rotatable bonds is 15. The Morgan fingerprint density at radius 3 is 1.65 bits per heavy atom. The van der Waals surface area contributed by atoms with Crippen LogP contribution in [0.5, 0.6) is 5.75 Å². The van der Waals surface area contributed by atoms with Crippen molar-refractivity contribution >= 4 is 17.9 Å². The number of carbonyl (C=O) groups is 3. The largest absolute Gasteiger partial charge is 0.493 e. The van der Waals surface area contributed by atoms with Gasteiger partial charge in [0.15, 0.2) is 0 Å². The van der Waals surface area contributed by atoms with Crippen LogP contribution < -0.4 is 20.7 Å². The van der Waals surface area contributed by atoms with E-state index >= 15 is 0 Å². The van der Waals surface area contributed by atoms with E-state index in [4.69, 9.17) is 26.1 Å². The monoisotopic (exact) mass is 654 g/mol. The number of azide groups is 3. The molecule has 3 N–H and O–H groups in total. The molecular weight excluding hydrogens is 600 g/mol. The van der Waals surface area contributed by atoms with Crippen LogP contribution in [0.15, 0.2) is 39.6 Å². The molecule has 4 unspecified atom stereocenters. The van der Waals surface area contributed by atoms with E-state index in [2.05, 4.69) is 50.8 Å². The summed E-state index contributed by atoms with van der Waals surface area (Å²) in [6.45, 7) is 7.89. The van der Waals surface area contributed by atoms with E-state index in [1.54, 1.807) is 59.1 Å². The predicted molar refractivity (Wildman–Crippen MR) is 180 cm³/mol. The van der Waals surface area contributed by atoms with Crippen LogP contribution in [0.4, 0.5) is 4.79 Å². The fraction of sp³-hybridized carbons (Fsp3) is 0.679. The van der Waals surface area contributed by atoms with Crippen molar-refractivity contribution in [3.63, 3.8) is 0 Å². The number of nitrogens with zero attached hydrogens (tertiary/aromatic N) is 9. The lowest BCUT2D eigenvalue weighted by Gasteiger charge is -2.16. The first-order chi connectivity index (χ1) is 20.5. The maximum atomic E-state index is 11.3. The molecule has 0 aliphatic heterocycles. The van der Waals surface area contributed by atoms with E-state index in [0.29, 0.717) is 30.9 Å². The zero-order valence-corrected chi connectivity index (χ0v) is 25.6. The molecule has 0 spiro atoms. The van der Waals surface area contributed by atoms with Gasteiger partial charge < -0.3 is 30.2 Å². The molecule has 0 fully saturated rings. The molecule has 0 bridgehead atoms. The van der Waals surface area contributed by atoms with Crippen LogP contribution in [-0.2, 0) is 14.3 Å². The summed E-state index contributed by atoms with van der Waals surface area (Å²) < 4.78 is 15.4. The zero-order valence-electron chi connectivity index (χ0n) is 25.6. The lowest BCUT2D eigenvalue weighted by Crippen LogP contribution is -2.27. The number of alkyl carbamates (subject to hydrolysis) is 1. The SMILES string of the molecule is C.C.C.CCC(CC(=O)NC)OCC(C)N=[N+]=[N-].CNC(=O)OCC(C)N=[N+]=[N-].CNC(=O)c1ccc(OCC(C)N=[N+]=[N-])cc1. The fourth-order valence-corrected chi connectivity index (χ4v) is 2.60. The molecule has 18 heteroatoms. The van der Waals surface area contributed by atoms with Crippen molar-refractivity contribution in [2.75, 3.05) is 41.0 Å². The standard InChI is InChI=1S/C11H14N4O2.C9H18N4O2.C5H10N4O2.3CH4/c1-8(14-15-12)7-17-10-5-3-9(4-6-10)11(16)13-2;1-4-8(5-9(14)11-3)15-6-7(2)12-13-10;1-4(8-9-6)3-11-5(10)7-2;;;/h3-6,8H,7H2,1-2H3,(H,13,16);7-8H,4-6H2,1-3H3,(H,11,14);4H,3H2,1-2H3,(H,7,10);3*1H4. The molecular formula is C28H54N12O6. The van der Waals surface area contributed by atoms with Crippen molar-refractivity contribution in [1.29, 1.82) is 0 Å². The minimum atomic E-state index is -0.523. The summed E-state index contributed by atoms with van der Waals surface area (Å²) in [4.78, 5) is 40.7. The van der Waals surface area contributed by atoms with Crippen molar-refractivity contribution in [3.8, 4) is 5.75 Å². The molecule has 0 saturated heterocycles. The van der Waals surface area contributed by atoms with Crippen LogP contribution in [0.1, 0.15) is 73.2 Å². The Morgan fingerprint density at radius 2 is 1.24 bits per heavy atom. The van der Waals surface area contributed by atoms with Crippen LogP contribution in [-0.4, -0.2) is 83.1 Å². The number of carbonyl (C=O) groups excluding carboxylic acids is 3. The Balaban J connectivity index is -0.000000181. The second kappa shape index (κ2) is 33.0. The Kier molecular flexibility index (Phi) is 36.4. The van der Waals surface area contributed by atoms with E-state index in [1.807, 2.05) is 6.92 Å². The molecule has 0 heterocycles. The highest BCUT2D eigenvalue weighted by Crippen LogP contribution is 2.13. The molecule has 0 aromatic heterocycles. The molecule has 18 nitrogen and oxygen atoms in total. The third-order valence-electron chi connectivity index (χ3n) is 4.96. The summed E-state index contributed by atoms with van der Waals surface area (Å²) in [7, 11) is 4.63. The highest BCUT2D eigenvalue weighted by atomic mass is 16.5. The van der Waals surface area contributed by atoms with Crippen molar-refractivity contribution < 1.29 is 28.6 Å². The van der Waals surface area contributed by atoms with E-state index in [9.17, 15) is 14.4 Å². The van der Waals surface area contributed by atoms with Crippen molar-refractivity contribution in [3.05, 3.63) is 61.2 Å². The van der Waals surface area contributed by atoms with E-state index < -0.39 is 6.09 Å². The van der Waals surface area contributed by atoms with Crippen LogP contribution in [0.3, 0.4) is 0 Å². The summed E-state index contributed by atoms with van der Waals surface area (Å²) in [5.74, 6) is 0.454. The van der Waals surface area contributed by atoms with Crippen molar-refractivity contribution in [2.24, 2.45) is 15.3 Å². The molecule has 1 aromatic rings. The van der Waals surface area contributed by atoms with Crippen LogP contribution >= 0.6 is 0 Å². The van der Waals surface area contributed by atoms with Gasteiger partial charge in [-0.3, -0.25) is 9.59 Å². The second-order valence-corrected chi connectivity index (χ2v) is 8.67. The molecule has 1 aromatic carbocycles.